The quantitative estimate of drug-likeness (QED) is 0.554. The van der Waals surface area contributed by atoms with Crippen molar-refractivity contribution in [2.24, 2.45) is 0 Å². The first-order chi connectivity index (χ1) is 11.7. The van der Waals surface area contributed by atoms with Gasteiger partial charge in [-0.2, -0.15) is 0 Å². The van der Waals surface area contributed by atoms with Crippen LogP contribution in [0.2, 0.25) is 0 Å². The third-order valence-electron chi connectivity index (χ3n) is 3.33. The molecule has 0 aromatic heterocycles. The van der Waals surface area contributed by atoms with E-state index in [-0.39, 0.29) is 13.2 Å². The summed E-state index contributed by atoms with van der Waals surface area (Å²) in [6, 6.07) is 6.37. The van der Waals surface area contributed by atoms with Gasteiger partial charge >= 0.3 is 12.1 Å². The molecular weight excluding hydrogens is 326 g/mol. The van der Waals surface area contributed by atoms with Crippen LogP contribution >= 0.6 is 0 Å². The summed E-state index contributed by atoms with van der Waals surface area (Å²) in [7, 11) is 4.30. The zero-order valence-electron chi connectivity index (χ0n) is 15.7. The molecule has 1 aromatic carbocycles. The van der Waals surface area contributed by atoms with E-state index in [2.05, 4.69) is 0 Å². The van der Waals surface area contributed by atoms with E-state index in [9.17, 15) is 9.59 Å². The molecule has 0 radical (unpaired) electrons. The number of amides is 1. The zero-order chi connectivity index (χ0) is 19.0. The maximum absolute atomic E-state index is 12.5. The second-order valence-corrected chi connectivity index (χ2v) is 6.46. The van der Waals surface area contributed by atoms with Gasteiger partial charge in [0.05, 0.1) is 14.2 Å². The lowest BCUT2D eigenvalue weighted by Crippen LogP contribution is -2.49. The minimum atomic E-state index is -0.867. The van der Waals surface area contributed by atoms with Crippen molar-refractivity contribution >= 4 is 12.1 Å². The first-order valence-corrected chi connectivity index (χ1v) is 7.91. The van der Waals surface area contributed by atoms with Gasteiger partial charge in [0, 0.05) is 13.5 Å². The Bertz CT molecular complexity index is 564. The summed E-state index contributed by atoms with van der Waals surface area (Å²) < 4.78 is 20.5. The normalized spacial score (nSPS) is 12.2. The van der Waals surface area contributed by atoms with Gasteiger partial charge in [-0.3, -0.25) is 4.90 Å². The number of carbonyl (C=O) groups excluding carboxylic acids is 2. The van der Waals surface area contributed by atoms with E-state index in [4.69, 9.17) is 18.9 Å². The molecule has 0 spiro atoms. The zero-order valence-corrected chi connectivity index (χ0v) is 15.7. The van der Waals surface area contributed by atoms with E-state index in [1.165, 1.54) is 19.1 Å². The molecular formula is C18H27NO6. The fourth-order valence-corrected chi connectivity index (χ4v) is 2.17. The standard InChI is InChI=1S/C18H27NO6/c1-18(2,3)25-17(21)19(12-22-4)15(16(20)24-6)11-13-7-9-14(23-5)10-8-13/h7-10,15H,11-12H2,1-6H3/t15-/m0/s1. The highest BCUT2D eigenvalue weighted by Gasteiger charge is 2.34. The van der Waals surface area contributed by atoms with Crippen LogP contribution in [0, 0.1) is 0 Å². The lowest BCUT2D eigenvalue weighted by molar-refractivity contribution is -0.148. The predicted octanol–water partition coefficient (Wildman–Crippen LogP) is 2.62. The Morgan fingerprint density at radius 2 is 1.68 bits per heavy atom. The number of ether oxygens (including phenoxy) is 4. The smallest absolute Gasteiger partial charge is 0.412 e. The van der Waals surface area contributed by atoms with Crippen LogP contribution in [0.25, 0.3) is 0 Å². The summed E-state index contributed by atoms with van der Waals surface area (Å²) in [5.41, 5.74) is 0.157. The van der Waals surface area contributed by atoms with Gasteiger partial charge in [-0.05, 0) is 38.5 Å². The minimum absolute atomic E-state index is 0.0924. The van der Waals surface area contributed by atoms with Crippen molar-refractivity contribution < 1.29 is 28.5 Å². The topological polar surface area (TPSA) is 74.3 Å². The predicted molar refractivity (Wildman–Crippen MR) is 92.5 cm³/mol. The van der Waals surface area contributed by atoms with Crippen LogP contribution in [0.4, 0.5) is 4.79 Å². The number of esters is 1. The number of hydrogen-bond donors (Lipinski definition) is 0. The highest BCUT2D eigenvalue weighted by molar-refractivity contribution is 5.81. The van der Waals surface area contributed by atoms with Gasteiger partial charge in [-0.15, -0.1) is 0 Å². The second kappa shape index (κ2) is 9.27. The van der Waals surface area contributed by atoms with Gasteiger partial charge in [-0.1, -0.05) is 12.1 Å². The molecule has 0 aliphatic carbocycles. The molecule has 7 nitrogen and oxygen atoms in total. The molecule has 0 bridgehead atoms. The Kier molecular flexibility index (Phi) is 7.70. The van der Waals surface area contributed by atoms with Gasteiger partial charge in [0.15, 0.2) is 0 Å². The van der Waals surface area contributed by atoms with E-state index in [0.717, 1.165) is 5.56 Å². The molecule has 25 heavy (non-hydrogen) atoms. The molecule has 0 saturated carbocycles. The van der Waals surface area contributed by atoms with Crippen LogP contribution in [0.15, 0.2) is 24.3 Å². The third kappa shape index (κ3) is 6.62. The lowest BCUT2D eigenvalue weighted by atomic mass is 10.0. The van der Waals surface area contributed by atoms with Crippen molar-refractivity contribution in [3.63, 3.8) is 0 Å². The van der Waals surface area contributed by atoms with Gasteiger partial charge in [-0.25, -0.2) is 9.59 Å². The van der Waals surface area contributed by atoms with E-state index >= 15 is 0 Å². The van der Waals surface area contributed by atoms with Crippen LogP contribution in [0.5, 0.6) is 5.75 Å². The van der Waals surface area contributed by atoms with Crippen molar-refractivity contribution in [1.82, 2.24) is 4.90 Å². The van der Waals surface area contributed by atoms with E-state index < -0.39 is 23.7 Å². The Hall–Kier alpha value is -2.28. The molecule has 1 aromatic rings. The molecule has 0 N–H and O–H groups in total. The summed E-state index contributed by atoms with van der Waals surface area (Å²) in [5.74, 6) is 0.165. The Balaban J connectivity index is 3.05. The summed E-state index contributed by atoms with van der Waals surface area (Å²) in [6.07, 6.45) is -0.377. The molecule has 0 saturated heterocycles. The number of rotatable bonds is 7. The number of methoxy groups -OCH3 is 3. The van der Waals surface area contributed by atoms with Crippen molar-refractivity contribution in [3.8, 4) is 5.75 Å². The first-order valence-electron chi connectivity index (χ1n) is 7.91. The Morgan fingerprint density at radius 1 is 1.08 bits per heavy atom. The van der Waals surface area contributed by atoms with Gasteiger partial charge in [0.2, 0.25) is 0 Å². The molecule has 0 unspecified atom stereocenters. The monoisotopic (exact) mass is 353 g/mol. The minimum Gasteiger partial charge on any atom is -0.497 e. The number of hydrogen-bond acceptors (Lipinski definition) is 6. The molecule has 1 rings (SSSR count). The highest BCUT2D eigenvalue weighted by Crippen LogP contribution is 2.18. The maximum Gasteiger partial charge on any atom is 0.412 e. The summed E-state index contributed by atoms with van der Waals surface area (Å²) in [4.78, 5) is 26.0. The van der Waals surface area contributed by atoms with Crippen molar-refractivity contribution in [2.75, 3.05) is 28.1 Å². The molecule has 140 valence electrons. The molecule has 1 amide bonds. The highest BCUT2D eigenvalue weighted by atomic mass is 16.6. The van der Waals surface area contributed by atoms with Crippen LogP contribution < -0.4 is 4.74 Å². The van der Waals surface area contributed by atoms with Crippen LogP contribution in [-0.2, 0) is 25.4 Å². The molecule has 7 heteroatoms. The summed E-state index contributed by atoms with van der Waals surface area (Å²) in [5, 5.41) is 0. The van der Waals surface area contributed by atoms with Crippen molar-refractivity contribution in [1.29, 1.82) is 0 Å². The number of nitrogens with zero attached hydrogens (tertiary/aromatic N) is 1. The maximum atomic E-state index is 12.5. The van der Waals surface area contributed by atoms with E-state index in [1.807, 2.05) is 12.1 Å². The van der Waals surface area contributed by atoms with E-state index in [0.29, 0.717) is 5.75 Å². The fraction of sp³-hybridized carbons (Fsp3) is 0.556. The van der Waals surface area contributed by atoms with Gasteiger partial charge < -0.3 is 18.9 Å². The average Bonchev–Trinajstić information content (AvgIpc) is 2.56. The van der Waals surface area contributed by atoms with Crippen LogP contribution in [-0.4, -0.2) is 56.7 Å². The third-order valence-corrected chi connectivity index (χ3v) is 3.33. The molecule has 0 fully saturated rings. The van der Waals surface area contributed by atoms with Crippen molar-refractivity contribution in [3.05, 3.63) is 29.8 Å². The first kappa shape index (κ1) is 20.8. The SMILES string of the molecule is COCN(C(=O)OC(C)(C)C)[C@@H](Cc1ccc(OC)cc1)C(=O)OC. The fourth-order valence-electron chi connectivity index (χ4n) is 2.17. The molecule has 0 heterocycles. The average molecular weight is 353 g/mol. The molecule has 0 aliphatic rings. The van der Waals surface area contributed by atoms with Crippen molar-refractivity contribution in [2.45, 2.75) is 38.8 Å². The Morgan fingerprint density at radius 3 is 2.12 bits per heavy atom. The summed E-state index contributed by atoms with van der Waals surface area (Å²) in [6.45, 7) is 5.18. The van der Waals surface area contributed by atoms with Crippen LogP contribution in [0.3, 0.4) is 0 Å². The largest absolute Gasteiger partial charge is 0.497 e. The Labute approximate surface area is 148 Å². The van der Waals surface area contributed by atoms with E-state index in [1.54, 1.807) is 40.0 Å². The molecule has 0 aliphatic heterocycles. The summed E-state index contributed by atoms with van der Waals surface area (Å²) >= 11 is 0. The van der Waals surface area contributed by atoms with Gasteiger partial charge in [0.1, 0.15) is 24.1 Å². The number of benzene rings is 1. The van der Waals surface area contributed by atoms with Crippen LogP contribution in [0.1, 0.15) is 26.3 Å². The second-order valence-electron chi connectivity index (χ2n) is 6.46. The number of carbonyl (C=O) groups is 2. The lowest BCUT2D eigenvalue weighted by Gasteiger charge is -2.31. The van der Waals surface area contributed by atoms with Gasteiger partial charge in [0.25, 0.3) is 0 Å². The molecule has 1 atom stereocenters.